The van der Waals surface area contributed by atoms with Crippen molar-refractivity contribution in [2.45, 2.75) is 19.4 Å². The van der Waals surface area contributed by atoms with Crippen molar-refractivity contribution in [1.82, 2.24) is 4.90 Å². The summed E-state index contributed by atoms with van der Waals surface area (Å²) in [5, 5.41) is 0. The molecular formula is C16H21NO4. The van der Waals surface area contributed by atoms with E-state index in [0.717, 1.165) is 18.4 Å². The monoisotopic (exact) mass is 291 g/mol. The number of ether oxygens (including phenoxy) is 2. The molecule has 114 valence electrons. The zero-order chi connectivity index (χ0) is 15.2. The second kappa shape index (κ2) is 7.22. The molecule has 21 heavy (non-hydrogen) atoms. The van der Waals surface area contributed by atoms with E-state index in [2.05, 4.69) is 0 Å². The Morgan fingerprint density at radius 2 is 1.95 bits per heavy atom. The summed E-state index contributed by atoms with van der Waals surface area (Å²) >= 11 is 0. The lowest BCUT2D eigenvalue weighted by molar-refractivity contribution is -0.146. The van der Waals surface area contributed by atoms with Gasteiger partial charge in [0.1, 0.15) is 0 Å². The van der Waals surface area contributed by atoms with Gasteiger partial charge in [0, 0.05) is 25.8 Å². The maximum absolute atomic E-state index is 12.5. The molecule has 1 aliphatic rings. The van der Waals surface area contributed by atoms with Crippen LogP contribution in [-0.4, -0.2) is 44.1 Å². The Kier molecular flexibility index (Phi) is 5.33. The SMILES string of the molecule is COCc1ccc(C(=O)N2CCCC(C(=O)OC)C2)cc1. The van der Waals surface area contributed by atoms with E-state index >= 15 is 0 Å². The van der Waals surface area contributed by atoms with E-state index in [-0.39, 0.29) is 17.8 Å². The molecule has 1 amide bonds. The first-order valence-corrected chi connectivity index (χ1v) is 7.10. The number of esters is 1. The molecule has 1 aromatic rings. The van der Waals surface area contributed by atoms with Crippen LogP contribution in [0.3, 0.4) is 0 Å². The van der Waals surface area contributed by atoms with Crippen LogP contribution >= 0.6 is 0 Å². The van der Waals surface area contributed by atoms with Crippen LogP contribution < -0.4 is 0 Å². The lowest BCUT2D eigenvalue weighted by Crippen LogP contribution is -2.42. The van der Waals surface area contributed by atoms with Crippen LogP contribution in [0.15, 0.2) is 24.3 Å². The Morgan fingerprint density at radius 3 is 2.57 bits per heavy atom. The van der Waals surface area contributed by atoms with Crippen LogP contribution in [0.25, 0.3) is 0 Å². The van der Waals surface area contributed by atoms with Gasteiger partial charge in [-0.15, -0.1) is 0 Å². The van der Waals surface area contributed by atoms with E-state index in [4.69, 9.17) is 9.47 Å². The van der Waals surface area contributed by atoms with Crippen molar-refractivity contribution in [3.05, 3.63) is 35.4 Å². The number of amides is 1. The summed E-state index contributed by atoms with van der Waals surface area (Å²) in [6.45, 7) is 1.65. The molecule has 0 aromatic heterocycles. The van der Waals surface area contributed by atoms with Crippen LogP contribution in [0.1, 0.15) is 28.8 Å². The molecule has 1 heterocycles. The molecule has 0 spiro atoms. The average molecular weight is 291 g/mol. The van der Waals surface area contributed by atoms with E-state index in [0.29, 0.717) is 25.3 Å². The van der Waals surface area contributed by atoms with Crippen LogP contribution in [0.4, 0.5) is 0 Å². The Hall–Kier alpha value is -1.88. The Labute approximate surface area is 124 Å². The first-order chi connectivity index (χ1) is 10.2. The van der Waals surface area contributed by atoms with Crippen molar-refractivity contribution in [2.75, 3.05) is 27.3 Å². The summed E-state index contributed by atoms with van der Waals surface area (Å²) < 4.78 is 9.83. The Balaban J connectivity index is 2.03. The fraction of sp³-hybridized carbons (Fsp3) is 0.500. The maximum atomic E-state index is 12.5. The molecule has 0 saturated carbocycles. The molecule has 0 aliphatic carbocycles. The van der Waals surface area contributed by atoms with Gasteiger partial charge in [0.25, 0.3) is 5.91 Å². The largest absolute Gasteiger partial charge is 0.469 e. The van der Waals surface area contributed by atoms with Crippen LogP contribution in [0.5, 0.6) is 0 Å². The molecular weight excluding hydrogens is 270 g/mol. The molecule has 1 saturated heterocycles. The second-order valence-electron chi connectivity index (χ2n) is 5.24. The molecule has 2 rings (SSSR count). The Bertz CT molecular complexity index is 498. The zero-order valence-corrected chi connectivity index (χ0v) is 12.5. The molecule has 1 unspecified atom stereocenters. The summed E-state index contributed by atoms with van der Waals surface area (Å²) in [4.78, 5) is 25.8. The van der Waals surface area contributed by atoms with Crippen molar-refractivity contribution < 1.29 is 19.1 Å². The molecule has 5 heteroatoms. The standard InChI is InChI=1S/C16H21NO4/c1-20-11-12-5-7-13(8-6-12)15(18)17-9-3-4-14(10-17)16(19)21-2/h5-8,14H,3-4,9-11H2,1-2H3. The predicted molar refractivity (Wildman–Crippen MR) is 77.8 cm³/mol. The predicted octanol–water partition coefficient (Wildman–Crippen LogP) is 1.86. The highest BCUT2D eigenvalue weighted by atomic mass is 16.5. The third-order valence-corrected chi connectivity index (χ3v) is 3.76. The molecule has 0 bridgehead atoms. The molecule has 1 atom stereocenters. The quantitative estimate of drug-likeness (QED) is 0.795. The van der Waals surface area contributed by atoms with Gasteiger partial charge in [0.05, 0.1) is 19.6 Å². The minimum absolute atomic E-state index is 0.0347. The Morgan fingerprint density at radius 1 is 1.24 bits per heavy atom. The summed E-state index contributed by atoms with van der Waals surface area (Å²) in [5.41, 5.74) is 1.67. The minimum atomic E-state index is -0.233. The number of likely N-dealkylation sites (tertiary alicyclic amines) is 1. The summed E-state index contributed by atoms with van der Waals surface area (Å²) in [6.07, 6.45) is 1.61. The maximum Gasteiger partial charge on any atom is 0.310 e. The van der Waals surface area contributed by atoms with E-state index in [9.17, 15) is 9.59 Å². The fourth-order valence-electron chi connectivity index (χ4n) is 2.61. The molecule has 1 aliphatic heterocycles. The molecule has 0 N–H and O–H groups in total. The van der Waals surface area contributed by atoms with Gasteiger partial charge in [-0.3, -0.25) is 9.59 Å². The topological polar surface area (TPSA) is 55.8 Å². The third kappa shape index (κ3) is 3.82. The summed E-state index contributed by atoms with van der Waals surface area (Å²) in [7, 11) is 3.03. The van der Waals surface area contributed by atoms with Crippen LogP contribution in [0, 0.1) is 5.92 Å². The average Bonchev–Trinajstić information content (AvgIpc) is 2.54. The van der Waals surface area contributed by atoms with Crippen molar-refractivity contribution in [3.63, 3.8) is 0 Å². The van der Waals surface area contributed by atoms with Crippen molar-refractivity contribution in [1.29, 1.82) is 0 Å². The molecule has 1 fully saturated rings. The molecule has 0 radical (unpaired) electrons. The number of hydrogen-bond donors (Lipinski definition) is 0. The van der Waals surface area contributed by atoms with Crippen molar-refractivity contribution in [2.24, 2.45) is 5.92 Å². The number of carbonyl (C=O) groups excluding carboxylic acids is 2. The lowest BCUT2D eigenvalue weighted by Gasteiger charge is -2.31. The van der Waals surface area contributed by atoms with Gasteiger partial charge in [0.15, 0.2) is 0 Å². The number of nitrogens with zero attached hydrogens (tertiary/aromatic N) is 1. The highest BCUT2D eigenvalue weighted by Gasteiger charge is 2.29. The van der Waals surface area contributed by atoms with Gasteiger partial charge in [-0.1, -0.05) is 12.1 Å². The highest BCUT2D eigenvalue weighted by Crippen LogP contribution is 2.20. The van der Waals surface area contributed by atoms with Gasteiger partial charge < -0.3 is 14.4 Å². The minimum Gasteiger partial charge on any atom is -0.469 e. The number of rotatable bonds is 4. The number of hydrogen-bond acceptors (Lipinski definition) is 4. The summed E-state index contributed by atoms with van der Waals surface area (Å²) in [6, 6.07) is 7.38. The van der Waals surface area contributed by atoms with Crippen molar-refractivity contribution in [3.8, 4) is 0 Å². The number of piperidine rings is 1. The normalized spacial score (nSPS) is 18.4. The van der Waals surface area contributed by atoms with Gasteiger partial charge in [0.2, 0.25) is 0 Å². The van der Waals surface area contributed by atoms with Gasteiger partial charge >= 0.3 is 5.97 Å². The lowest BCUT2D eigenvalue weighted by atomic mass is 9.97. The van der Waals surface area contributed by atoms with Gasteiger partial charge in [-0.05, 0) is 30.5 Å². The zero-order valence-electron chi connectivity index (χ0n) is 12.5. The second-order valence-corrected chi connectivity index (χ2v) is 5.24. The van der Waals surface area contributed by atoms with Crippen molar-refractivity contribution >= 4 is 11.9 Å². The molecule has 1 aromatic carbocycles. The number of methoxy groups -OCH3 is 2. The summed E-state index contributed by atoms with van der Waals surface area (Å²) in [5.74, 6) is -0.476. The number of carbonyl (C=O) groups is 2. The number of benzene rings is 1. The van der Waals surface area contributed by atoms with Gasteiger partial charge in [-0.25, -0.2) is 0 Å². The van der Waals surface area contributed by atoms with Crippen LogP contribution in [-0.2, 0) is 20.9 Å². The third-order valence-electron chi connectivity index (χ3n) is 3.76. The molecule has 5 nitrogen and oxygen atoms in total. The van der Waals surface area contributed by atoms with E-state index in [1.165, 1.54) is 7.11 Å². The first kappa shape index (κ1) is 15.5. The fourth-order valence-corrected chi connectivity index (χ4v) is 2.61. The highest BCUT2D eigenvalue weighted by molar-refractivity contribution is 5.94. The van der Waals surface area contributed by atoms with E-state index < -0.39 is 0 Å². The van der Waals surface area contributed by atoms with E-state index in [1.54, 1.807) is 24.1 Å². The van der Waals surface area contributed by atoms with E-state index in [1.807, 2.05) is 12.1 Å². The smallest absolute Gasteiger partial charge is 0.310 e. The van der Waals surface area contributed by atoms with Crippen LogP contribution in [0.2, 0.25) is 0 Å². The van der Waals surface area contributed by atoms with Gasteiger partial charge in [-0.2, -0.15) is 0 Å². The first-order valence-electron chi connectivity index (χ1n) is 7.10.